The summed E-state index contributed by atoms with van der Waals surface area (Å²) in [5.74, 6) is 0. The van der Waals surface area contributed by atoms with Crippen molar-refractivity contribution in [1.82, 2.24) is 4.57 Å². The molecule has 1 aromatic heterocycles. The van der Waals surface area contributed by atoms with Crippen LogP contribution in [0.3, 0.4) is 0 Å². The van der Waals surface area contributed by atoms with Gasteiger partial charge in [0.1, 0.15) is 0 Å². The lowest BCUT2D eigenvalue weighted by Crippen LogP contribution is -2.11. The van der Waals surface area contributed by atoms with Gasteiger partial charge in [-0.05, 0) is 94.2 Å². The second-order valence-corrected chi connectivity index (χ2v) is 12.2. The predicted octanol–water partition coefficient (Wildman–Crippen LogP) is 12.7. The highest BCUT2D eigenvalue weighted by Gasteiger charge is 2.19. The first-order chi connectivity index (χ1) is 23.8. The number of benzene rings is 8. The summed E-state index contributed by atoms with van der Waals surface area (Å²) < 4.78 is 2.40. The van der Waals surface area contributed by atoms with Gasteiger partial charge in [0.2, 0.25) is 0 Å². The van der Waals surface area contributed by atoms with Crippen LogP contribution in [-0.4, -0.2) is 4.57 Å². The van der Waals surface area contributed by atoms with Crippen molar-refractivity contribution in [2.75, 3.05) is 4.90 Å². The summed E-state index contributed by atoms with van der Waals surface area (Å²) >= 11 is 0. The molecule has 0 saturated heterocycles. The van der Waals surface area contributed by atoms with Gasteiger partial charge in [-0.25, -0.2) is 0 Å². The summed E-state index contributed by atoms with van der Waals surface area (Å²) in [4.78, 5) is 2.38. The molecule has 0 spiro atoms. The molecule has 226 valence electrons. The summed E-state index contributed by atoms with van der Waals surface area (Å²) in [7, 11) is 0. The van der Waals surface area contributed by atoms with Crippen LogP contribution >= 0.6 is 0 Å². The van der Waals surface area contributed by atoms with Crippen molar-refractivity contribution in [3.63, 3.8) is 0 Å². The maximum Gasteiger partial charge on any atom is 0.0547 e. The zero-order chi connectivity index (χ0) is 31.9. The third-order valence-electron chi connectivity index (χ3n) is 9.35. The molecule has 0 fully saturated rings. The Balaban J connectivity index is 1.22. The van der Waals surface area contributed by atoms with E-state index in [1.807, 2.05) is 0 Å². The number of aromatic nitrogens is 1. The number of hydrogen-bond acceptors (Lipinski definition) is 1. The van der Waals surface area contributed by atoms with Gasteiger partial charge in [0.15, 0.2) is 0 Å². The fourth-order valence-corrected chi connectivity index (χ4v) is 7.08. The lowest BCUT2D eigenvalue weighted by Gasteiger charge is -2.28. The largest absolute Gasteiger partial charge is 0.310 e. The zero-order valence-corrected chi connectivity index (χ0v) is 26.4. The summed E-state index contributed by atoms with van der Waals surface area (Å²) in [6.07, 6.45) is 0. The van der Waals surface area contributed by atoms with Crippen molar-refractivity contribution in [2.24, 2.45) is 0 Å². The number of fused-ring (bicyclic) bond motifs is 4. The molecule has 0 bridgehead atoms. The molecule has 0 radical (unpaired) electrons. The molecule has 0 aliphatic carbocycles. The maximum atomic E-state index is 2.40. The molecular formula is C46H32N2. The average Bonchev–Trinajstić information content (AvgIpc) is 3.48. The fourth-order valence-electron chi connectivity index (χ4n) is 7.08. The molecule has 9 rings (SSSR count). The van der Waals surface area contributed by atoms with Gasteiger partial charge < -0.3 is 9.47 Å². The Kier molecular flexibility index (Phi) is 6.84. The Morgan fingerprint density at radius 3 is 1.67 bits per heavy atom. The van der Waals surface area contributed by atoms with Crippen LogP contribution in [0.25, 0.3) is 60.5 Å². The minimum absolute atomic E-state index is 1.10. The first-order valence-corrected chi connectivity index (χ1v) is 16.4. The standard InChI is InChI=1S/C46H32N2/c1-4-14-33(15-5-1)37-24-29-45(42(30-37)34-16-6-2-7-17-34)47(38-20-8-3-9-21-38)39-25-27-40(28-26-39)48-44-23-13-12-22-41(44)43-31-35-18-10-11-19-36(35)32-46(43)48/h1-32H. The van der Waals surface area contributed by atoms with Gasteiger partial charge in [0, 0.05) is 33.4 Å². The molecule has 0 atom stereocenters. The van der Waals surface area contributed by atoms with Crippen molar-refractivity contribution in [1.29, 1.82) is 0 Å². The van der Waals surface area contributed by atoms with Crippen LogP contribution in [0.2, 0.25) is 0 Å². The minimum Gasteiger partial charge on any atom is -0.310 e. The summed E-state index contributed by atoms with van der Waals surface area (Å²) in [6, 6.07) is 69.9. The van der Waals surface area contributed by atoms with Crippen LogP contribution in [-0.2, 0) is 0 Å². The SMILES string of the molecule is c1ccc(-c2ccc(N(c3ccccc3)c3ccc(-n4c5ccccc5c5cc6ccccc6cc54)cc3)c(-c3ccccc3)c2)cc1. The molecule has 2 heteroatoms. The van der Waals surface area contributed by atoms with Gasteiger partial charge in [0.25, 0.3) is 0 Å². The topological polar surface area (TPSA) is 8.17 Å². The van der Waals surface area contributed by atoms with Gasteiger partial charge in [-0.1, -0.05) is 127 Å². The molecule has 2 nitrogen and oxygen atoms in total. The summed E-state index contributed by atoms with van der Waals surface area (Å²) in [6.45, 7) is 0. The summed E-state index contributed by atoms with van der Waals surface area (Å²) in [5.41, 5.74) is 11.7. The van der Waals surface area contributed by atoms with E-state index in [9.17, 15) is 0 Å². The maximum absolute atomic E-state index is 2.40. The minimum atomic E-state index is 1.10. The van der Waals surface area contributed by atoms with E-state index in [-0.39, 0.29) is 0 Å². The normalized spacial score (nSPS) is 11.3. The second-order valence-electron chi connectivity index (χ2n) is 12.2. The van der Waals surface area contributed by atoms with Crippen LogP contribution in [0, 0.1) is 0 Å². The van der Waals surface area contributed by atoms with E-state index >= 15 is 0 Å². The van der Waals surface area contributed by atoms with Crippen molar-refractivity contribution in [3.8, 4) is 27.9 Å². The number of anilines is 3. The Hall–Kier alpha value is -6.38. The molecule has 0 aliphatic rings. The first-order valence-electron chi connectivity index (χ1n) is 16.4. The lowest BCUT2D eigenvalue weighted by molar-refractivity contribution is 1.17. The van der Waals surface area contributed by atoms with Crippen molar-refractivity contribution in [2.45, 2.75) is 0 Å². The highest BCUT2D eigenvalue weighted by atomic mass is 15.1. The zero-order valence-electron chi connectivity index (χ0n) is 26.4. The molecule has 8 aromatic carbocycles. The molecule has 0 aliphatic heterocycles. The molecular weight excluding hydrogens is 581 g/mol. The van der Waals surface area contributed by atoms with Crippen molar-refractivity contribution >= 4 is 49.6 Å². The van der Waals surface area contributed by atoms with E-state index in [1.54, 1.807) is 0 Å². The van der Waals surface area contributed by atoms with E-state index in [1.165, 1.54) is 54.8 Å². The second kappa shape index (κ2) is 11.8. The third-order valence-corrected chi connectivity index (χ3v) is 9.35. The molecule has 0 N–H and O–H groups in total. The van der Waals surface area contributed by atoms with Gasteiger partial charge in [0.05, 0.1) is 16.7 Å². The highest BCUT2D eigenvalue weighted by Crippen LogP contribution is 2.43. The van der Waals surface area contributed by atoms with Crippen LogP contribution in [0.15, 0.2) is 194 Å². The first kappa shape index (κ1) is 27.9. The van der Waals surface area contributed by atoms with Crippen LogP contribution in [0.1, 0.15) is 0 Å². The Bertz CT molecular complexity index is 2530. The lowest BCUT2D eigenvalue weighted by atomic mass is 9.96. The Morgan fingerprint density at radius 2 is 0.938 bits per heavy atom. The van der Waals surface area contributed by atoms with E-state index < -0.39 is 0 Å². The molecule has 0 saturated carbocycles. The number of rotatable bonds is 6. The Labute approximate surface area is 280 Å². The van der Waals surface area contributed by atoms with Gasteiger partial charge in [-0.3, -0.25) is 0 Å². The van der Waals surface area contributed by atoms with Gasteiger partial charge in [-0.2, -0.15) is 0 Å². The smallest absolute Gasteiger partial charge is 0.0547 e. The number of para-hydroxylation sites is 2. The van der Waals surface area contributed by atoms with Crippen LogP contribution < -0.4 is 4.90 Å². The Morgan fingerprint density at radius 1 is 0.354 bits per heavy atom. The van der Waals surface area contributed by atoms with Crippen LogP contribution in [0.4, 0.5) is 17.1 Å². The summed E-state index contributed by atoms with van der Waals surface area (Å²) in [5, 5.41) is 5.03. The fraction of sp³-hybridized carbons (Fsp3) is 0. The van der Waals surface area contributed by atoms with E-state index in [4.69, 9.17) is 0 Å². The van der Waals surface area contributed by atoms with Gasteiger partial charge in [-0.15, -0.1) is 0 Å². The van der Waals surface area contributed by atoms with E-state index in [2.05, 4.69) is 204 Å². The molecule has 0 amide bonds. The molecule has 0 unspecified atom stereocenters. The number of nitrogens with zero attached hydrogens (tertiary/aromatic N) is 2. The predicted molar refractivity (Wildman–Crippen MR) is 204 cm³/mol. The monoisotopic (exact) mass is 612 g/mol. The van der Waals surface area contributed by atoms with E-state index in [0.29, 0.717) is 0 Å². The quantitative estimate of drug-likeness (QED) is 0.181. The molecule has 48 heavy (non-hydrogen) atoms. The van der Waals surface area contributed by atoms with Crippen LogP contribution in [0.5, 0.6) is 0 Å². The third kappa shape index (κ3) is 4.83. The number of hydrogen-bond donors (Lipinski definition) is 0. The molecule has 9 aromatic rings. The molecule has 1 heterocycles. The average molecular weight is 613 g/mol. The van der Waals surface area contributed by atoms with Crippen molar-refractivity contribution < 1.29 is 0 Å². The van der Waals surface area contributed by atoms with Crippen molar-refractivity contribution in [3.05, 3.63) is 194 Å². The van der Waals surface area contributed by atoms with Gasteiger partial charge >= 0.3 is 0 Å². The highest BCUT2D eigenvalue weighted by molar-refractivity contribution is 6.13. The van der Waals surface area contributed by atoms with E-state index in [0.717, 1.165) is 22.7 Å².